The Labute approximate surface area is 475 Å². The van der Waals surface area contributed by atoms with Crippen LogP contribution in [-0.4, -0.2) is 162 Å². The lowest BCUT2D eigenvalue weighted by Crippen LogP contribution is -2.58. The van der Waals surface area contributed by atoms with Crippen molar-refractivity contribution in [3.05, 3.63) is 106 Å². The van der Waals surface area contributed by atoms with Crippen molar-refractivity contribution >= 4 is 71.2 Å². The monoisotopic (exact) mass is 1140 g/mol. The average Bonchev–Trinajstić information content (AvgIpc) is 4.11. The van der Waals surface area contributed by atoms with E-state index in [1.54, 1.807) is 33.3 Å². The Balaban J connectivity index is 0.837. The Bertz CT molecular complexity index is 2700. The first kappa shape index (κ1) is 58.3. The third-order valence-corrected chi connectivity index (χ3v) is 19.7. The Kier molecular flexibility index (Phi) is 17.2. The lowest BCUT2D eigenvalue weighted by atomic mass is 9.83. The van der Waals surface area contributed by atoms with Crippen LogP contribution in [0.2, 0.25) is 0 Å². The number of hydrogen-bond donors (Lipinski definition) is 6. The second kappa shape index (κ2) is 23.6. The Morgan fingerprint density at radius 1 is 0.600 bits per heavy atom. The predicted molar refractivity (Wildman–Crippen MR) is 300 cm³/mol. The summed E-state index contributed by atoms with van der Waals surface area (Å²) in [7, 11) is 2.60. The van der Waals surface area contributed by atoms with Crippen LogP contribution in [0.5, 0.6) is 0 Å². The Morgan fingerprint density at radius 2 is 0.963 bits per heavy atom. The number of benzene rings is 3. The van der Waals surface area contributed by atoms with Gasteiger partial charge in [0.2, 0.25) is 35.4 Å². The molecule has 2 aliphatic carbocycles. The summed E-state index contributed by atoms with van der Waals surface area (Å²) in [5.41, 5.74) is 4.55. The molecule has 6 N–H and O–H groups in total. The minimum atomic E-state index is -1.27. The minimum Gasteiger partial charge on any atom is -0.465 e. The van der Waals surface area contributed by atoms with E-state index in [1.165, 1.54) is 27.9 Å². The van der Waals surface area contributed by atoms with Gasteiger partial charge in [0.15, 0.2) is 0 Å². The number of likely N-dealkylation sites (N-methyl/N-ethyl adjacent to an activating group) is 2. The molecule has 4 saturated heterocycles. The average molecular weight is 1140 g/mol. The molecule has 0 bridgehead atoms. The third kappa shape index (κ3) is 11.9. The van der Waals surface area contributed by atoms with Crippen molar-refractivity contribution in [1.29, 1.82) is 0 Å². The van der Waals surface area contributed by atoms with Gasteiger partial charge in [-0.1, -0.05) is 100 Å². The summed E-state index contributed by atoms with van der Waals surface area (Å²) in [6.45, 7) is 11.3. The van der Waals surface area contributed by atoms with Crippen LogP contribution in [0.1, 0.15) is 113 Å². The molecule has 80 heavy (non-hydrogen) atoms. The summed E-state index contributed by atoms with van der Waals surface area (Å²) in [4.78, 5) is 113. The van der Waals surface area contributed by atoms with Gasteiger partial charge in [0, 0.05) is 26.9 Å². The quantitative estimate of drug-likeness (QED) is 0.105. The van der Waals surface area contributed by atoms with Gasteiger partial charge in [0.05, 0.1) is 48.3 Å². The van der Waals surface area contributed by atoms with Crippen molar-refractivity contribution < 1.29 is 58.0 Å². The normalized spacial score (nSPS) is 27.9. The van der Waals surface area contributed by atoms with Gasteiger partial charge in [-0.25, -0.2) is 9.59 Å². The Hall–Kier alpha value is -6.36. The van der Waals surface area contributed by atoms with E-state index in [0.29, 0.717) is 50.0 Å². The molecule has 0 spiro atoms. The van der Waals surface area contributed by atoms with Crippen molar-refractivity contribution in [2.45, 2.75) is 165 Å². The molecule has 4 heterocycles. The van der Waals surface area contributed by atoms with E-state index in [0.717, 1.165) is 43.2 Å². The number of thioether (sulfide) groups is 2. The number of nitrogens with one attached hydrogen (secondary N) is 4. The maximum Gasteiger partial charge on any atom is 0.407 e. The van der Waals surface area contributed by atoms with Crippen LogP contribution in [0.15, 0.2) is 72.8 Å². The smallest absolute Gasteiger partial charge is 0.407 e. The van der Waals surface area contributed by atoms with Crippen molar-refractivity contribution in [2.75, 3.05) is 25.6 Å². The number of nitrogens with zero attached hydrogens (tertiary/aromatic N) is 4. The molecule has 22 heteroatoms. The fourth-order valence-corrected chi connectivity index (χ4v) is 15.5. The lowest BCUT2D eigenvalue weighted by Gasteiger charge is -2.35. The van der Waals surface area contributed by atoms with E-state index in [1.807, 2.05) is 100 Å². The molecule has 3 aromatic rings. The summed E-state index contributed by atoms with van der Waals surface area (Å²) >= 11 is 3.16. The molecule has 9 rings (SSSR count). The van der Waals surface area contributed by atoms with Crippen molar-refractivity contribution in [3.63, 3.8) is 0 Å². The number of hydrogen-bond acceptors (Lipinski definition) is 12. The van der Waals surface area contributed by atoms with Crippen molar-refractivity contribution in [2.24, 2.45) is 10.8 Å². The van der Waals surface area contributed by atoms with Gasteiger partial charge in [0.25, 0.3) is 0 Å². The molecule has 12 atom stereocenters. The first-order chi connectivity index (χ1) is 37.9. The van der Waals surface area contributed by atoms with E-state index in [4.69, 9.17) is 9.47 Å². The largest absolute Gasteiger partial charge is 0.465 e. The number of carbonyl (C=O) groups is 8. The van der Waals surface area contributed by atoms with E-state index in [-0.39, 0.29) is 47.6 Å². The number of rotatable bonds is 16. The van der Waals surface area contributed by atoms with Gasteiger partial charge in [-0.05, 0) is 95.2 Å². The zero-order chi connectivity index (χ0) is 57.5. The molecule has 4 fully saturated rings. The van der Waals surface area contributed by atoms with Crippen LogP contribution in [0.4, 0.5) is 9.59 Å². The second-order valence-electron chi connectivity index (χ2n) is 23.5. The van der Waals surface area contributed by atoms with E-state index >= 15 is 0 Å². The van der Waals surface area contributed by atoms with Crippen molar-refractivity contribution in [1.82, 2.24) is 40.9 Å². The Morgan fingerprint density at radius 3 is 1.32 bits per heavy atom. The van der Waals surface area contributed by atoms with E-state index in [2.05, 4.69) is 21.3 Å². The highest BCUT2D eigenvalue weighted by molar-refractivity contribution is 8.00. The van der Waals surface area contributed by atoms with Gasteiger partial charge in [-0.15, -0.1) is 23.5 Å². The van der Waals surface area contributed by atoms with Crippen LogP contribution in [0.3, 0.4) is 0 Å². The summed E-state index contributed by atoms with van der Waals surface area (Å²) < 4.78 is 13.3. The number of fused-ring (bicyclic) bond motifs is 4. The molecule has 3 aromatic carbocycles. The molecule has 0 saturated carbocycles. The highest BCUT2D eigenvalue weighted by Crippen LogP contribution is 2.49. The molecule has 0 aromatic heterocycles. The highest BCUT2D eigenvalue weighted by Gasteiger charge is 2.57. The van der Waals surface area contributed by atoms with Gasteiger partial charge >= 0.3 is 12.2 Å². The third-order valence-electron chi connectivity index (χ3n) is 17.2. The van der Waals surface area contributed by atoms with Crippen LogP contribution in [0, 0.1) is 10.8 Å². The molecular weight excluding hydrogens is 1060 g/mol. The van der Waals surface area contributed by atoms with Crippen LogP contribution in [0.25, 0.3) is 0 Å². The lowest BCUT2D eigenvalue weighted by molar-refractivity contribution is -0.144. The number of ether oxygens (including phenoxy) is 2. The topological polar surface area (TPSA) is 257 Å². The fourth-order valence-electron chi connectivity index (χ4n) is 12.3. The van der Waals surface area contributed by atoms with Gasteiger partial charge in [-0.2, -0.15) is 0 Å². The molecule has 430 valence electrons. The second-order valence-corrected chi connectivity index (χ2v) is 26.0. The first-order valence-electron chi connectivity index (χ1n) is 27.4. The zero-order valence-corrected chi connectivity index (χ0v) is 48.1. The summed E-state index contributed by atoms with van der Waals surface area (Å²) in [5, 5.41) is 30.5. The van der Waals surface area contributed by atoms with E-state index in [9.17, 15) is 48.6 Å². The first-order valence-corrected chi connectivity index (χ1v) is 29.5. The standard InChI is InChI=1S/C58H74N8O12S2/c1-31(63(7)55(73)74)49(67)59-39-21-23-79-43-27-57(3,4)47(65(43)53(39)71)51(69)61-45-37-15-11-9-13-35(37)25-41(45)77-29-33-17-19-34(20-18-33)30-78-42-26-36-14-10-12-16-38(36)46(42)62-52(70)48-58(5,6)28-44-66(48)54(72)40(22-24-80-44)60-50(68)32(2)64(8)56(75)76/h9-20,31-32,39-48H,21-30H2,1-8H3,(H,59,67)(H,60,68)(H,61,69)(H,62,70)(H,73,74)(H,75,76)/t31?,32?,39-,40-,41+,42+,43-,44-,45-,46-,47+,48+/m0/s1. The number of amides is 8. The molecule has 4 aliphatic heterocycles. The molecule has 6 aliphatic rings. The SMILES string of the molecule is CC(C(=O)N[C@H]1CCS[C@H]2CC(C)(C)[C@@H](C(=O)N[C@H]3c4ccccc4C[C@H]3OCc3ccc(CO[C@@H]4Cc5ccccc5[C@@H]4NC(=O)[C@H]4N5C(=O)[C@@H](NC(=O)C(C)N(C)C(=O)O)CCS[C@H]5CC4(C)C)cc3)N2C1=O)N(C)C(=O)O. The molecule has 0 radical (unpaired) electrons. The summed E-state index contributed by atoms with van der Waals surface area (Å²) in [5.74, 6) is -1.42. The van der Waals surface area contributed by atoms with Gasteiger partial charge in [0.1, 0.15) is 36.3 Å². The number of carbonyl (C=O) groups excluding carboxylic acids is 6. The van der Waals surface area contributed by atoms with Crippen molar-refractivity contribution in [3.8, 4) is 0 Å². The maximum absolute atomic E-state index is 14.7. The van der Waals surface area contributed by atoms with Gasteiger partial charge < -0.3 is 50.8 Å². The van der Waals surface area contributed by atoms with Crippen LogP contribution >= 0.6 is 23.5 Å². The molecule has 8 amide bonds. The molecule has 20 nitrogen and oxygen atoms in total. The van der Waals surface area contributed by atoms with E-state index < -0.39 is 95.4 Å². The zero-order valence-electron chi connectivity index (χ0n) is 46.5. The fraction of sp³-hybridized carbons (Fsp3) is 0.552. The highest BCUT2D eigenvalue weighted by atomic mass is 32.2. The number of carboxylic acid groups (broad SMARTS) is 2. The summed E-state index contributed by atoms with van der Waals surface area (Å²) in [6.07, 6.45) is -0.458. The van der Waals surface area contributed by atoms with Crippen LogP contribution in [-0.2, 0) is 64.3 Å². The predicted octanol–water partition coefficient (Wildman–Crippen LogP) is 5.43. The molecular formula is C58H74N8O12S2. The summed E-state index contributed by atoms with van der Waals surface area (Å²) in [6, 6.07) is 17.1. The van der Waals surface area contributed by atoms with Gasteiger partial charge in [-0.3, -0.25) is 38.6 Å². The maximum atomic E-state index is 14.7. The molecule has 2 unspecified atom stereocenters. The minimum absolute atomic E-state index is 0.248. The van der Waals surface area contributed by atoms with Crippen LogP contribution < -0.4 is 21.3 Å².